The van der Waals surface area contributed by atoms with Gasteiger partial charge in [-0.25, -0.2) is 4.79 Å². The second-order valence-corrected chi connectivity index (χ2v) is 9.04. The molecule has 11 heteroatoms. The van der Waals surface area contributed by atoms with Crippen LogP contribution in [0.3, 0.4) is 0 Å². The minimum atomic E-state index is -4.60. The Kier molecular flexibility index (Phi) is 6.82. The van der Waals surface area contributed by atoms with Gasteiger partial charge >= 0.3 is 11.9 Å². The largest absolute Gasteiger partial charge is 0.418 e. The fourth-order valence-electron chi connectivity index (χ4n) is 3.97. The maximum Gasteiger partial charge on any atom is 0.418 e. The van der Waals surface area contributed by atoms with Crippen LogP contribution in [0.1, 0.15) is 22.5 Å². The molecule has 4 aromatic rings. The van der Waals surface area contributed by atoms with E-state index >= 15 is 0 Å². The second-order valence-electron chi connectivity index (χ2n) is 9.04. The number of alkyl halides is 3. The van der Waals surface area contributed by atoms with Gasteiger partial charge in [0.1, 0.15) is 12.2 Å². The Balaban J connectivity index is 1.74. The first-order valence-electron chi connectivity index (χ1n) is 11.1. The molecule has 0 aliphatic rings. The van der Waals surface area contributed by atoms with Crippen LogP contribution in [0.5, 0.6) is 0 Å². The smallest absolute Gasteiger partial charge is 0.320 e. The summed E-state index contributed by atoms with van der Waals surface area (Å²) in [5.74, 6) is 0.735. The molecule has 0 fully saturated rings. The number of benzene rings is 1. The number of nitrogens with zero attached hydrogens (tertiary/aromatic N) is 7. The molecule has 186 valence electrons. The molecule has 0 amide bonds. The Morgan fingerprint density at radius 3 is 2.46 bits per heavy atom. The van der Waals surface area contributed by atoms with E-state index < -0.39 is 17.4 Å². The lowest BCUT2D eigenvalue weighted by atomic mass is 10.1. The Morgan fingerprint density at radius 1 is 1.03 bits per heavy atom. The highest BCUT2D eigenvalue weighted by Gasteiger charge is 2.34. The summed E-state index contributed by atoms with van der Waals surface area (Å²) >= 11 is 0. The monoisotopic (exact) mass is 487 g/mol. The molecule has 0 N–H and O–H groups in total. The first-order chi connectivity index (χ1) is 16.5. The van der Waals surface area contributed by atoms with Crippen molar-refractivity contribution in [3.05, 3.63) is 82.1 Å². The number of aryl methyl sites for hydroxylation is 1. The van der Waals surface area contributed by atoms with Crippen LogP contribution in [0.4, 0.5) is 13.2 Å². The SMILES string of the molecule is CN(C)CCN(C)Cc1cc(C(F)(F)F)c2cn(-c3cccc(Cc4nncn4C)c3)c(=O)n2c1. The van der Waals surface area contributed by atoms with Gasteiger partial charge < -0.3 is 14.4 Å². The molecule has 35 heavy (non-hydrogen) atoms. The van der Waals surface area contributed by atoms with Crippen LogP contribution in [-0.4, -0.2) is 67.8 Å². The van der Waals surface area contributed by atoms with Crippen molar-refractivity contribution >= 4 is 5.52 Å². The highest BCUT2D eigenvalue weighted by atomic mass is 19.4. The van der Waals surface area contributed by atoms with Crippen LogP contribution in [-0.2, 0) is 26.2 Å². The Hall–Kier alpha value is -3.44. The van der Waals surface area contributed by atoms with Crippen molar-refractivity contribution in [3.8, 4) is 5.69 Å². The van der Waals surface area contributed by atoms with Gasteiger partial charge in [0.2, 0.25) is 0 Å². The third-order valence-electron chi connectivity index (χ3n) is 5.87. The van der Waals surface area contributed by atoms with Gasteiger partial charge in [-0.2, -0.15) is 13.2 Å². The molecule has 0 atom stereocenters. The zero-order valence-corrected chi connectivity index (χ0v) is 20.1. The summed E-state index contributed by atoms with van der Waals surface area (Å²) in [6, 6.07) is 8.26. The summed E-state index contributed by atoms with van der Waals surface area (Å²) in [6.07, 6.45) is 0.225. The molecular formula is C24H28F3N7O. The van der Waals surface area contributed by atoms with E-state index in [1.165, 1.54) is 17.0 Å². The summed E-state index contributed by atoms with van der Waals surface area (Å²) < 4.78 is 46.1. The predicted octanol–water partition coefficient (Wildman–Crippen LogP) is 2.82. The van der Waals surface area contributed by atoms with E-state index in [4.69, 9.17) is 0 Å². The lowest BCUT2D eigenvalue weighted by molar-refractivity contribution is -0.136. The van der Waals surface area contributed by atoms with Gasteiger partial charge in [-0.15, -0.1) is 10.2 Å². The highest BCUT2D eigenvalue weighted by Crippen LogP contribution is 2.33. The third-order valence-corrected chi connectivity index (χ3v) is 5.87. The van der Waals surface area contributed by atoms with Gasteiger partial charge in [-0.3, -0.25) is 8.97 Å². The second kappa shape index (κ2) is 9.67. The number of imidazole rings is 1. The van der Waals surface area contributed by atoms with Crippen LogP contribution >= 0.6 is 0 Å². The zero-order valence-electron chi connectivity index (χ0n) is 20.1. The van der Waals surface area contributed by atoms with Crippen LogP contribution < -0.4 is 5.69 Å². The molecule has 0 saturated carbocycles. The van der Waals surface area contributed by atoms with Crippen molar-refractivity contribution in [1.29, 1.82) is 0 Å². The quantitative estimate of drug-likeness (QED) is 0.383. The van der Waals surface area contributed by atoms with Crippen LogP contribution in [0.25, 0.3) is 11.2 Å². The number of halogens is 3. The van der Waals surface area contributed by atoms with Crippen LogP contribution in [0.15, 0.2) is 53.8 Å². The van der Waals surface area contributed by atoms with Gasteiger partial charge in [0.15, 0.2) is 0 Å². The molecule has 0 unspecified atom stereocenters. The average molecular weight is 488 g/mol. The summed E-state index contributed by atoms with van der Waals surface area (Å²) in [7, 11) is 7.55. The minimum absolute atomic E-state index is 0.180. The number of likely N-dealkylation sites (N-methyl/N-ethyl adjacent to an activating group) is 2. The molecule has 0 aliphatic heterocycles. The first-order valence-corrected chi connectivity index (χ1v) is 11.1. The molecule has 4 rings (SSSR count). The van der Waals surface area contributed by atoms with Crippen LogP contribution in [0, 0.1) is 0 Å². The topological polar surface area (TPSA) is 63.6 Å². The van der Waals surface area contributed by atoms with E-state index in [1.807, 2.05) is 44.1 Å². The Bertz CT molecular complexity index is 1380. The van der Waals surface area contributed by atoms with E-state index in [-0.39, 0.29) is 12.1 Å². The summed E-state index contributed by atoms with van der Waals surface area (Å²) in [6.45, 7) is 1.74. The molecule has 0 aliphatic carbocycles. The van der Waals surface area contributed by atoms with Crippen molar-refractivity contribution in [2.75, 3.05) is 34.2 Å². The molecule has 1 aromatic carbocycles. The maximum atomic E-state index is 14.0. The molecule has 0 saturated heterocycles. The summed E-state index contributed by atoms with van der Waals surface area (Å²) in [5, 5.41) is 7.93. The number of hydrogen-bond acceptors (Lipinski definition) is 5. The number of fused-ring (bicyclic) bond motifs is 1. The van der Waals surface area contributed by atoms with Crippen molar-refractivity contribution in [3.63, 3.8) is 0 Å². The molecule has 8 nitrogen and oxygen atoms in total. The average Bonchev–Trinajstić information content (AvgIpc) is 3.34. The predicted molar refractivity (Wildman–Crippen MR) is 127 cm³/mol. The van der Waals surface area contributed by atoms with Gasteiger partial charge in [0.25, 0.3) is 0 Å². The van der Waals surface area contributed by atoms with Gasteiger partial charge in [-0.1, -0.05) is 12.1 Å². The molecule has 0 spiro atoms. The van der Waals surface area contributed by atoms with Crippen molar-refractivity contribution in [1.82, 2.24) is 33.5 Å². The molecular weight excluding hydrogens is 459 g/mol. The molecule has 3 aromatic heterocycles. The van der Waals surface area contributed by atoms with Crippen molar-refractivity contribution in [2.24, 2.45) is 7.05 Å². The zero-order chi connectivity index (χ0) is 25.3. The van der Waals surface area contributed by atoms with Crippen molar-refractivity contribution < 1.29 is 13.2 Å². The standard InChI is InChI=1S/C24H28F3N7O/c1-30(2)8-9-31(3)13-18-11-20(24(25,26)27)21-15-33(23(35)34(21)14-18)19-7-5-6-17(10-19)12-22-29-28-16-32(22)4/h5-7,10-11,14-16H,8-9,12-13H2,1-4H3. The van der Waals surface area contributed by atoms with E-state index in [0.717, 1.165) is 28.4 Å². The van der Waals surface area contributed by atoms with Gasteiger partial charge in [0, 0.05) is 45.5 Å². The molecule has 0 radical (unpaired) electrons. The lowest BCUT2D eigenvalue weighted by Gasteiger charge is -2.20. The van der Waals surface area contributed by atoms with Crippen LogP contribution in [0.2, 0.25) is 0 Å². The number of aromatic nitrogens is 5. The number of pyridine rings is 1. The van der Waals surface area contributed by atoms with E-state index in [1.54, 1.807) is 29.1 Å². The van der Waals surface area contributed by atoms with E-state index in [2.05, 4.69) is 10.2 Å². The normalized spacial score (nSPS) is 12.4. The Morgan fingerprint density at radius 2 is 1.80 bits per heavy atom. The molecule has 3 heterocycles. The van der Waals surface area contributed by atoms with Gasteiger partial charge in [0.05, 0.1) is 16.8 Å². The Labute approximate surface area is 200 Å². The van der Waals surface area contributed by atoms with E-state index in [9.17, 15) is 18.0 Å². The highest BCUT2D eigenvalue weighted by molar-refractivity contribution is 5.58. The fraction of sp³-hybridized carbons (Fsp3) is 0.375. The summed E-state index contributed by atoms with van der Waals surface area (Å²) in [4.78, 5) is 17.2. The third kappa shape index (κ3) is 5.46. The number of hydrogen-bond donors (Lipinski definition) is 0. The maximum absolute atomic E-state index is 14.0. The van der Waals surface area contributed by atoms with E-state index in [0.29, 0.717) is 24.2 Å². The summed E-state index contributed by atoms with van der Waals surface area (Å²) in [5.41, 5.74) is 0.195. The number of rotatable bonds is 8. The minimum Gasteiger partial charge on any atom is -0.320 e. The first kappa shape index (κ1) is 24.7. The molecule has 0 bridgehead atoms. The lowest BCUT2D eigenvalue weighted by Crippen LogP contribution is -2.28. The fourth-order valence-corrected chi connectivity index (χ4v) is 3.97. The van der Waals surface area contributed by atoms with Crippen molar-refractivity contribution in [2.45, 2.75) is 19.1 Å². The van der Waals surface area contributed by atoms with Gasteiger partial charge in [-0.05, 0) is 50.5 Å².